The molecule has 49 heavy (non-hydrogen) atoms. The second-order valence-electron chi connectivity index (χ2n) is 12.5. The summed E-state index contributed by atoms with van der Waals surface area (Å²) < 4.78 is 10.8. The van der Waals surface area contributed by atoms with Crippen LogP contribution in [0.15, 0.2) is 72.3 Å². The number of carbonyl (C=O) groups excluding carboxylic acids is 4. The third-order valence-electron chi connectivity index (χ3n) is 10.2. The summed E-state index contributed by atoms with van der Waals surface area (Å²) in [5.74, 6) is -9.85. The van der Waals surface area contributed by atoms with Crippen molar-refractivity contribution >= 4 is 46.9 Å². The summed E-state index contributed by atoms with van der Waals surface area (Å²) in [6.45, 7) is 0. The van der Waals surface area contributed by atoms with Gasteiger partial charge in [-0.05, 0) is 72.9 Å². The molecule has 4 amide bonds. The van der Waals surface area contributed by atoms with Crippen molar-refractivity contribution in [3.05, 3.63) is 89.0 Å². The van der Waals surface area contributed by atoms with Gasteiger partial charge in [-0.3, -0.25) is 29.0 Å². The molecule has 1 saturated carbocycles. The number of amides is 4. The zero-order valence-corrected chi connectivity index (χ0v) is 26.2. The summed E-state index contributed by atoms with van der Waals surface area (Å²) in [7, 11) is 2.71. The number of hydrogen-bond acceptors (Lipinski definition) is 9. The lowest BCUT2D eigenvalue weighted by molar-refractivity contribution is -0.126. The SMILES string of the molecule is COc1cc(C2C3=CCC4C(=O)N(c5cccc(C(=O)O)c5)C(=O)C4C3CC3C(=O)N(c4cccc(C(=O)O)c4)C(=O)C32)cc(OC)c1O. The monoisotopic (exact) mass is 666 g/mol. The lowest BCUT2D eigenvalue weighted by Gasteiger charge is -2.44. The van der Waals surface area contributed by atoms with Gasteiger partial charge < -0.3 is 24.8 Å². The second kappa shape index (κ2) is 11.6. The zero-order valence-electron chi connectivity index (χ0n) is 26.2. The van der Waals surface area contributed by atoms with Gasteiger partial charge in [0, 0.05) is 5.92 Å². The minimum atomic E-state index is -1.23. The molecular weight excluding hydrogens is 636 g/mol. The Bertz CT molecular complexity index is 1990. The van der Waals surface area contributed by atoms with Crippen LogP contribution in [0.2, 0.25) is 0 Å². The van der Waals surface area contributed by atoms with Crippen LogP contribution in [0.25, 0.3) is 0 Å². The number of aromatic carboxylic acids is 2. The first-order valence-electron chi connectivity index (χ1n) is 15.5. The van der Waals surface area contributed by atoms with Crippen LogP contribution >= 0.6 is 0 Å². The van der Waals surface area contributed by atoms with E-state index in [2.05, 4.69) is 0 Å². The minimum Gasteiger partial charge on any atom is -0.502 e. The Labute approximate surface area is 279 Å². The fourth-order valence-corrected chi connectivity index (χ4v) is 8.12. The lowest BCUT2D eigenvalue weighted by Crippen LogP contribution is -2.43. The summed E-state index contributed by atoms with van der Waals surface area (Å²) in [4.78, 5) is 82.1. The van der Waals surface area contributed by atoms with Crippen LogP contribution in [0.5, 0.6) is 17.2 Å². The van der Waals surface area contributed by atoms with Crippen molar-refractivity contribution in [2.45, 2.75) is 18.8 Å². The standard InChI is InChI=1S/C36H30N2O11/c1-48-25-13-18(14-26(49-2)30(25)39)27-21-9-10-22-28(33(42)37(31(22)40)19-7-3-5-16(11-19)35(44)45)23(21)15-24-29(27)34(43)38(32(24)41)20-8-4-6-17(12-20)36(46)47/h3-9,11-14,22-24,27-29,39H,10,15H2,1-2H3,(H,44,45)(H,46,47). The van der Waals surface area contributed by atoms with E-state index in [1.165, 1.54) is 62.8 Å². The number of carboxylic acids is 2. The molecule has 13 heteroatoms. The van der Waals surface area contributed by atoms with E-state index < -0.39 is 71.1 Å². The predicted molar refractivity (Wildman–Crippen MR) is 171 cm³/mol. The van der Waals surface area contributed by atoms with Crippen LogP contribution in [0, 0.1) is 29.6 Å². The smallest absolute Gasteiger partial charge is 0.335 e. The van der Waals surface area contributed by atoms with Crippen molar-refractivity contribution in [3.63, 3.8) is 0 Å². The number of ether oxygens (including phenoxy) is 2. The average molecular weight is 667 g/mol. The van der Waals surface area contributed by atoms with Gasteiger partial charge >= 0.3 is 11.9 Å². The van der Waals surface area contributed by atoms with Crippen LogP contribution in [0.1, 0.15) is 45.0 Å². The van der Waals surface area contributed by atoms with E-state index in [9.17, 15) is 44.1 Å². The first-order chi connectivity index (χ1) is 23.5. The molecule has 6 unspecified atom stereocenters. The number of rotatable bonds is 7. The fraction of sp³-hybridized carbons (Fsp3) is 0.278. The quantitative estimate of drug-likeness (QED) is 0.245. The number of hydrogen-bond donors (Lipinski definition) is 3. The summed E-state index contributed by atoms with van der Waals surface area (Å²) >= 11 is 0. The van der Waals surface area contributed by atoms with Gasteiger partial charge in [-0.2, -0.15) is 0 Å². The van der Waals surface area contributed by atoms with Crippen LogP contribution in [-0.2, 0) is 19.2 Å². The first-order valence-corrected chi connectivity index (χ1v) is 15.5. The molecule has 6 atom stereocenters. The van der Waals surface area contributed by atoms with Gasteiger partial charge in [-0.15, -0.1) is 0 Å². The molecule has 13 nitrogen and oxygen atoms in total. The van der Waals surface area contributed by atoms with Crippen LogP contribution in [0.3, 0.4) is 0 Å². The number of phenols is 1. The number of allylic oxidation sites excluding steroid dienone is 2. The average Bonchev–Trinajstić information content (AvgIpc) is 3.50. The maximum Gasteiger partial charge on any atom is 0.335 e. The molecule has 0 radical (unpaired) electrons. The van der Waals surface area contributed by atoms with Crippen molar-refractivity contribution in [1.29, 1.82) is 0 Å². The van der Waals surface area contributed by atoms with E-state index in [-0.39, 0.29) is 52.6 Å². The minimum absolute atomic E-state index is 0.0571. The van der Waals surface area contributed by atoms with Gasteiger partial charge in [0.2, 0.25) is 29.4 Å². The van der Waals surface area contributed by atoms with Gasteiger partial charge in [-0.1, -0.05) is 23.8 Å². The Kier molecular flexibility index (Phi) is 7.49. The number of imide groups is 2. The van der Waals surface area contributed by atoms with Crippen molar-refractivity contribution in [3.8, 4) is 17.2 Å². The molecule has 0 spiro atoms. The highest BCUT2D eigenvalue weighted by Crippen LogP contribution is 2.59. The third-order valence-corrected chi connectivity index (χ3v) is 10.2. The molecule has 4 aliphatic rings. The highest BCUT2D eigenvalue weighted by atomic mass is 16.5. The topological polar surface area (TPSA) is 188 Å². The summed E-state index contributed by atoms with van der Waals surface area (Å²) in [6, 6.07) is 14.2. The molecule has 2 aliphatic carbocycles. The van der Waals surface area contributed by atoms with Crippen LogP contribution in [0.4, 0.5) is 11.4 Å². The molecule has 3 aromatic rings. The van der Waals surface area contributed by atoms with Gasteiger partial charge in [0.05, 0.1) is 60.4 Å². The largest absolute Gasteiger partial charge is 0.502 e. The van der Waals surface area contributed by atoms with E-state index in [0.29, 0.717) is 11.1 Å². The van der Waals surface area contributed by atoms with Gasteiger partial charge in [0.1, 0.15) is 0 Å². The van der Waals surface area contributed by atoms with E-state index in [4.69, 9.17) is 9.47 Å². The molecule has 0 aromatic heterocycles. The molecule has 250 valence electrons. The third kappa shape index (κ3) is 4.75. The number of methoxy groups -OCH3 is 2. The number of phenolic OH excluding ortho intramolecular Hbond substituents is 1. The maximum absolute atomic E-state index is 14.4. The maximum atomic E-state index is 14.4. The number of fused-ring (bicyclic) bond motifs is 4. The number of carbonyl (C=O) groups is 6. The Morgan fingerprint density at radius 1 is 0.694 bits per heavy atom. The van der Waals surface area contributed by atoms with Crippen molar-refractivity contribution in [1.82, 2.24) is 0 Å². The molecule has 2 saturated heterocycles. The predicted octanol–water partition coefficient (Wildman–Crippen LogP) is 3.85. The Balaban J connectivity index is 1.36. The van der Waals surface area contributed by atoms with E-state index >= 15 is 0 Å². The van der Waals surface area contributed by atoms with E-state index in [1.54, 1.807) is 12.1 Å². The van der Waals surface area contributed by atoms with Crippen LogP contribution in [-0.4, -0.2) is 65.1 Å². The Morgan fingerprint density at radius 2 is 1.20 bits per heavy atom. The summed E-state index contributed by atoms with van der Waals surface area (Å²) in [6.07, 6.45) is 2.05. The van der Waals surface area contributed by atoms with Crippen molar-refractivity contribution in [2.75, 3.05) is 24.0 Å². The van der Waals surface area contributed by atoms with Gasteiger partial charge in [0.15, 0.2) is 11.5 Å². The number of aromatic hydroxyl groups is 1. The lowest BCUT2D eigenvalue weighted by atomic mass is 9.57. The van der Waals surface area contributed by atoms with Crippen molar-refractivity contribution < 1.29 is 53.6 Å². The summed E-state index contributed by atoms with van der Waals surface area (Å²) in [5, 5.41) is 29.8. The first kappa shape index (κ1) is 31.6. The molecule has 2 aliphatic heterocycles. The number of benzene rings is 3. The van der Waals surface area contributed by atoms with Gasteiger partial charge in [0.25, 0.3) is 0 Å². The Hall–Kier alpha value is -5.98. The normalized spacial score (nSPS) is 25.8. The highest BCUT2D eigenvalue weighted by Gasteiger charge is 2.62. The van der Waals surface area contributed by atoms with E-state index in [1.807, 2.05) is 6.08 Å². The number of nitrogens with zero attached hydrogens (tertiary/aromatic N) is 2. The number of carboxylic acid groups (broad SMARTS) is 2. The zero-order chi connectivity index (χ0) is 34.9. The van der Waals surface area contributed by atoms with E-state index in [0.717, 1.165) is 9.80 Å². The molecule has 0 bridgehead atoms. The Morgan fingerprint density at radius 3 is 1.71 bits per heavy atom. The molecule has 3 fully saturated rings. The van der Waals surface area contributed by atoms with Gasteiger partial charge in [-0.25, -0.2) is 9.59 Å². The molecule has 3 N–H and O–H groups in total. The molecule has 7 rings (SSSR count). The highest BCUT2D eigenvalue weighted by molar-refractivity contribution is 6.24. The molecule has 3 aromatic carbocycles. The fourth-order valence-electron chi connectivity index (χ4n) is 8.12. The van der Waals surface area contributed by atoms with Crippen LogP contribution < -0.4 is 19.3 Å². The molecule has 2 heterocycles. The van der Waals surface area contributed by atoms with Crippen molar-refractivity contribution in [2.24, 2.45) is 29.6 Å². The second-order valence-corrected chi connectivity index (χ2v) is 12.5. The molecular formula is C36H30N2O11. The number of anilines is 2. The summed E-state index contributed by atoms with van der Waals surface area (Å²) in [5.41, 5.74) is 1.16.